The number of rotatable bonds is 4. The van der Waals surface area contributed by atoms with Crippen LogP contribution in [0.5, 0.6) is 0 Å². The maximum absolute atomic E-state index is 11.0. The van der Waals surface area contributed by atoms with Gasteiger partial charge in [-0.1, -0.05) is 0 Å². The average molecular weight is 286 g/mol. The maximum Gasteiger partial charge on any atom is 0.339 e. The first-order chi connectivity index (χ1) is 10.0. The van der Waals surface area contributed by atoms with Gasteiger partial charge in [0.1, 0.15) is 22.6 Å². The summed E-state index contributed by atoms with van der Waals surface area (Å²) in [4.78, 5) is 15.3. The fraction of sp³-hybridized carbons (Fsp3) is 0.214. The van der Waals surface area contributed by atoms with Gasteiger partial charge in [0, 0.05) is 12.4 Å². The standard InChI is InChI=1S/C14H14N4O3/c1-8-5-12-13(15-3-4-18(12)17-8)16-7-10-6-11(14(19)20)9(2)21-10/h3-6H,7H2,1-2H3,(H,15,16)(H,19,20). The van der Waals surface area contributed by atoms with E-state index in [1.807, 2.05) is 13.0 Å². The zero-order chi connectivity index (χ0) is 15.0. The van der Waals surface area contributed by atoms with Gasteiger partial charge in [0.25, 0.3) is 0 Å². The molecule has 0 fully saturated rings. The van der Waals surface area contributed by atoms with Gasteiger partial charge in [0.2, 0.25) is 0 Å². The van der Waals surface area contributed by atoms with Gasteiger partial charge in [-0.05, 0) is 26.0 Å². The number of nitrogens with one attached hydrogen (secondary N) is 1. The Morgan fingerprint density at radius 1 is 1.43 bits per heavy atom. The minimum Gasteiger partial charge on any atom is -0.478 e. The molecule has 3 rings (SSSR count). The molecule has 2 N–H and O–H groups in total. The summed E-state index contributed by atoms with van der Waals surface area (Å²) in [6, 6.07) is 3.44. The normalized spacial score (nSPS) is 11.0. The highest BCUT2D eigenvalue weighted by Gasteiger charge is 2.14. The number of carboxylic acids is 1. The molecule has 0 unspecified atom stereocenters. The molecule has 3 aromatic rings. The van der Waals surface area contributed by atoms with Crippen LogP contribution in [0.1, 0.15) is 27.6 Å². The largest absolute Gasteiger partial charge is 0.478 e. The van der Waals surface area contributed by atoms with Gasteiger partial charge in [0.15, 0.2) is 5.82 Å². The molecule has 0 aliphatic carbocycles. The molecule has 0 saturated carbocycles. The van der Waals surface area contributed by atoms with Crippen LogP contribution in [0, 0.1) is 13.8 Å². The lowest BCUT2D eigenvalue weighted by molar-refractivity contribution is 0.0695. The van der Waals surface area contributed by atoms with Crippen molar-refractivity contribution in [1.82, 2.24) is 14.6 Å². The Hall–Kier alpha value is -2.83. The van der Waals surface area contributed by atoms with Crippen molar-refractivity contribution in [2.75, 3.05) is 5.32 Å². The van der Waals surface area contributed by atoms with Crippen LogP contribution in [0.4, 0.5) is 5.82 Å². The van der Waals surface area contributed by atoms with E-state index in [2.05, 4.69) is 15.4 Å². The van der Waals surface area contributed by atoms with Gasteiger partial charge in [0.05, 0.1) is 12.2 Å². The number of aromatic nitrogens is 3. The third-order valence-electron chi connectivity index (χ3n) is 3.14. The summed E-state index contributed by atoms with van der Waals surface area (Å²) in [5, 5.41) is 16.4. The first kappa shape index (κ1) is 13.2. The zero-order valence-corrected chi connectivity index (χ0v) is 11.6. The van der Waals surface area contributed by atoms with Crippen LogP contribution in [-0.4, -0.2) is 25.7 Å². The van der Waals surface area contributed by atoms with Gasteiger partial charge in [-0.2, -0.15) is 5.10 Å². The van der Waals surface area contributed by atoms with E-state index in [9.17, 15) is 4.79 Å². The molecule has 0 aliphatic heterocycles. The zero-order valence-electron chi connectivity index (χ0n) is 11.6. The van der Waals surface area contributed by atoms with Crippen molar-refractivity contribution >= 4 is 17.3 Å². The van der Waals surface area contributed by atoms with Gasteiger partial charge < -0.3 is 14.8 Å². The van der Waals surface area contributed by atoms with Crippen LogP contribution in [0.3, 0.4) is 0 Å². The molecule has 0 bridgehead atoms. The van der Waals surface area contributed by atoms with E-state index in [1.54, 1.807) is 23.8 Å². The van der Waals surface area contributed by atoms with Gasteiger partial charge in [-0.15, -0.1) is 0 Å². The molecule has 0 saturated heterocycles. The van der Waals surface area contributed by atoms with Crippen LogP contribution < -0.4 is 5.32 Å². The van der Waals surface area contributed by atoms with E-state index in [0.717, 1.165) is 11.2 Å². The molecule has 21 heavy (non-hydrogen) atoms. The van der Waals surface area contributed by atoms with E-state index in [-0.39, 0.29) is 5.56 Å². The molecular weight excluding hydrogens is 272 g/mol. The fourth-order valence-corrected chi connectivity index (χ4v) is 2.19. The van der Waals surface area contributed by atoms with Crippen LogP contribution in [0.15, 0.2) is 28.9 Å². The van der Waals surface area contributed by atoms with Gasteiger partial charge in [-0.3, -0.25) is 0 Å². The minimum absolute atomic E-state index is 0.179. The second-order valence-corrected chi connectivity index (χ2v) is 4.73. The number of aryl methyl sites for hydroxylation is 2. The van der Waals surface area contributed by atoms with Crippen molar-refractivity contribution in [3.05, 3.63) is 47.3 Å². The molecule has 0 spiro atoms. The smallest absolute Gasteiger partial charge is 0.339 e. The van der Waals surface area contributed by atoms with Gasteiger partial charge >= 0.3 is 5.97 Å². The van der Waals surface area contributed by atoms with E-state index < -0.39 is 5.97 Å². The maximum atomic E-state index is 11.0. The molecule has 0 radical (unpaired) electrons. The molecule has 0 amide bonds. The Morgan fingerprint density at radius 2 is 2.24 bits per heavy atom. The molecule has 0 aliphatic rings. The van der Waals surface area contributed by atoms with Crippen molar-refractivity contribution in [1.29, 1.82) is 0 Å². The van der Waals surface area contributed by atoms with E-state index in [4.69, 9.17) is 9.52 Å². The predicted octanol–water partition coefficient (Wildman–Crippen LogP) is 2.25. The lowest BCUT2D eigenvalue weighted by Gasteiger charge is -2.04. The number of carboxylic acid groups (broad SMARTS) is 1. The van der Waals surface area contributed by atoms with Crippen molar-refractivity contribution in [2.24, 2.45) is 0 Å². The molecule has 7 heteroatoms. The Morgan fingerprint density at radius 3 is 2.95 bits per heavy atom. The van der Waals surface area contributed by atoms with E-state index in [1.165, 1.54) is 6.07 Å². The SMILES string of the molecule is Cc1cc2c(NCc3cc(C(=O)O)c(C)o3)nccn2n1. The molecule has 7 nitrogen and oxygen atoms in total. The molecule has 0 aromatic carbocycles. The summed E-state index contributed by atoms with van der Waals surface area (Å²) >= 11 is 0. The first-order valence-electron chi connectivity index (χ1n) is 6.42. The Balaban J connectivity index is 1.83. The lowest BCUT2D eigenvalue weighted by atomic mass is 10.2. The highest BCUT2D eigenvalue weighted by Crippen LogP contribution is 2.18. The number of hydrogen-bond acceptors (Lipinski definition) is 5. The molecule has 0 atom stereocenters. The molecular formula is C14H14N4O3. The highest BCUT2D eigenvalue weighted by molar-refractivity contribution is 5.88. The summed E-state index contributed by atoms with van der Waals surface area (Å²) in [5.41, 5.74) is 1.93. The molecule has 3 heterocycles. The number of hydrogen-bond donors (Lipinski definition) is 2. The Labute approximate surface area is 120 Å². The van der Waals surface area contributed by atoms with Crippen LogP contribution in [0.25, 0.3) is 5.52 Å². The van der Waals surface area contributed by atoms with Crippen molar-refractivity contribution in [3.63, 3.8) is 0 Å². The Kier molecular flexibility index (Phi) is 3.09. The number of carbonyl (C=O) groups is 1. The number of fused-ring (bicyclic) bond motifs is 1. The topological polar surface area (TPSA) is 92.7 Å². The minimum atomic E-state index is -0.992. The summed E-state index contributed by atoms with van der Waals surface area (Å²) < 4.78 is 7.16. The monoisotopic (exact) mass is 286 g/mol. The fourth-order valence-electron chi connectivity index (χ4n) is 2.19. The molecule has 3 aromatic heterocycles. The van der Waals surface area contributed by atoms with E-state index in [0.29, 0.717) is 23.9 Å². The van der Waals surface area contributed by atoms with Gasteiger partial charge in [-0.25, -0.2) is 14.3 Å². The van der Waals surface area contributed by atoms with E-state index >= 15 is 0 Å². The summed E-state index contributed by atoms with van der Waals surface area (Å²) in [6.07, 6.45) is 3.42. The van der Waals surface area contributed by atoms with Crippen molar-refractivity contribution in [3.8, 4) is 0 Å². The van der Waals surface area contributed by atoms with Crippen molar-refractivity contribution < 1.29 is 14.3 Å². The number of aromatic carboxylic acids is 1. The summed E-state index contributed by atoms with van der Waals surface area (Å²) in [5.74, 6) is 0.619. The lowest BCUT2D eigenvalue weighted by Crippen LogP contribution is -2.02. The van der Waals surface area contributed by atoms with Crippen LogP contribution in [0.2, 0.25) is 0 Å². The number of anilines is 1. The predicted molar refractivity (Wildman–Crippen MR) is 75.5 cm³/mol. The highest BCUT2D eigenvalue weighted by atomic mass is 16.4. The second-order valence-electron chi connectivity index (χ2n) is 4.73. The quantitative estimate of drug-likeness (QED) is 0.764. The van der Waals surface area contributed by atoms with Crippen LogP contribution in [-0.2, 0) is 6.54 Å². The third-order valence-corrected chi connectivity index (χ3v) is 3.14. The average Bonchev–Trinajstić information content (AvgIpc) is 2.98. The second kappa shape index (κ2) is 4.93. The Bertz CT molecular complexity index is 819. The van der Waals surface area contributed by atoms with Crippen molar-refractivity contribution in [2.45, 2.75) is 20.4 Å². The molecule has 108 valence electrons. The summed E-state index contributed by atoms with van der Waals surface area (Å²) in [6.45, 7) is 3.89. The third kappa shape index (κ3) is 2.45. The number of furan rings is 1. The first-order valence-corrected chi connectivity index (χ1v) is 6.42. The summed E-state index contributed by atoms with van der Waals surface area (Å²) in [7, 11) is 0. The van der Waals surface area contributed by atoms with Crippen LogP contribution >= 0.6 is 0 Å². The number of nitrogens with zero attached hydrogens (tertiary/aromatic N) is 3.